The van der Waals surface area contributed by atoms with Crippen molar-refractivity contribution >= 4 is 29.2 Å². The van der Waals surface area contributed by atoms with Crippen molar-refractivity contribution in [1.82, 2.24) is 25.4 Å². The van der Waals surface area contributed by atoms with E-state index in [0.29, 0.717) is 6.54 Å². The van der Waals surface area contributed by atoms with Crippen LogP contribution in [0.3, 0.4) is 0 Å². The average Bonchev–Trinajstić information content (AvgIpc) is 3.29. The zero-order chi connectivity index (χ0) is 18.9. The normalized spacial score (nSPS) is 16.6. The maximum atomic E-state index is 12.7. The summed E-state index contributed by atoms with van der Waals surface area (Å²) in [6, 6.07) is 5.99. The molecule has 0 radical (unpaired) electrons. The molecule has 1 aromatic carbocycles. The van der Waals surface area contributed by atoms with Crippen molar-refractivity contribution < 1.29 is 4.79 Å². The summed E-state index contributed by atoms with van der Waals surface area (Å²) in [4.78, 5) is 18.7. The number of nitrogens with one attached hydrogen (secondary N) is 3. The summed E-state index contributed by atoms with van der Waals surface area (Å²) in [5.41, 5.74) is 6.60. The summed E-state index contributed by atoms with van der Waals surface area (Å²) < 4.78 is 0. The molecule has 1 amide bonds. The Morgan fingerprint density at radius 1 is 1.10 bits per heavy atom. The van der Waals surface area contributed by atoms with Gasteiger partial charge in [-0.15, -0.1) is 12.4 Å². The second kappa shape index (κ2) is 8.59. The number of H-pyrrole nitrogens is 2. The number of carbonyl (C=O) groups excluding carboxylic acids is 1. The number of aryl methyl sites for hydroxylation is 2. The Kier molecular flexibility index (Phi) is 5.92. The molecule has 0 bridgehead atoms. The number of carbonyl (C=O) groups is 1. The van der Waals surface area contributed by atoms with Crippen LogP contribution in [-0.4, -0.2) is 52.2 Å². The predicted octanol–water partition coefficient (Wildman–Crippen LogP) is 3.68. The van der Waals surface area contributed by atoms with E-state index in [1.54, 1.807) is 0 Å². The minimum Gasteiger partial charge on any atom is -0.353 e. The molecule has 0 unspecified atom stereocenters. The molecule has 3 aromatic rings. The van der Waals surface area contributed by atoms with E-state index in [2.05, 4.69) is 25.4 Å². The molecule has 6 nitrogen and oxygen atoms in total. The Hall–Kier alpha value is -2.31. The molecule has 2 aromatic heterocycles. The van der Waals surface area contributed by atoms with E-state index in [4.69, 9.17) is 0 Å². The van der Waals surface area contributed by atoms with Crippen LogP contribution in [-0.2, 0) is 12.8 Å². The van der Waals surface area contributed by atoms with Crippen LogP contribution in [0.4, 0.5) is 0 Å². The lowest BCUT2D eigenvalue weighted by molar-refractivity contribution is 0.0946. The Morgan fingerprint density at radius 2 is 1.97 bits per heavy atom. The summed E-state index contributed by atoms with van der Waals surface area (Å²) in [7, 11) is 0. The van der Waals surface area contributed by atoms with Crippen molar-refractivity contribution in [1.29, 1.82) is 0 Å². The number of aromatic amines is 2. The van der Waals surface area contributed by atoms with Crippen molar-refractivity contribution in [3.8, 4) is 11.4 Å². The molecule has 7 heteroatoms. The van der Waals surface area contributed by atoms with Crippen molar-refractivity contribution in [3.05, 3.63) is 41.1 Å². The minimum atomic E-state index is 0. The second-order valence-corrected chi connectivity index (χ2v) is 8.02. The van der Waals surface area contributed by atoms with Gasteiger partial charge in [0.25, 0.3) is 5.91 Å². The van der Waals surface area contributed by atoms with Gasteiger partial charge < -0.3 is 15.2 Å². The van der Waals surface area contributed by atoms with Gasteiger partial charge in [-0.3, -0.25) is 9.89 Å². The molecule has 5 rings (SSSR count). The Bertz CT molecular complexity index is 1000. The largest absolute Gasteiger partial charge is 0.353 e. The Balaban J connectivity index is 0.00000205. The molecule has 0 spiro atoms. The van der Waals surface area contributed by atoms with Gasteiger partial charge in [0.05, 0.1) is 17.6 Å². The topological polar surface area (TPSA) is 76.8 Å². The van der Waals surface area contributed by atoms with Gasteiger partial charge in [-0.1, -0.05) is 6.42 Å². The lowest BCUT2D eigenvalue weighted by Gasteiger charge is -2.26. The SMILES string of the molecule is Cl.O=C(NCCN1CCCCC1)c1ccc2[nH]c3c(c2c1)CCCc1cn[nH]c1-3. The average molecular weight is 414 g/mol. The van der Waals surface area contributed by atoms with Gasteiger partial charge >= 0.3 is 0 Å². The molecule has 1 saturated heterocycles. The van der Waals surface area contributed by atoms with Crippen molar-refractivity contribution in [2.45, 2.75) is 38.5 Å². The first-order chi connectivity index (χ1) is 13.8. The first kappa shape index (κ1) is 20.0. The van der Waals surface area contributed by atoms with Gasteiger partial charge in [0.15, 0.2) is 0 Å². The molecule has 154 valence electrons. The molecule has 1 aliphatic heterocycles. The quantitative estimate of drug-likeness (QED) is 0.610. The Labute approximate surface area is 176 Å². The number of piperidine rings is 1. The van der Waals surface area contributed by atoms with Crippen LogP contribution in [0.15, 0.2) is 24.4 Å². The third kappa shape index (κ3) is 3.91. The van der Waals surface area contributed by atoms with Gasteiger partial charge in [-0.25, -0.2) is 0 Å². The highest BCUT2D eigenvalue weighted by atomic mass is 35.5. The molecule has 29 heavy (non-hydrogen) atoms. The smallest absolute Gasteiger partial charge is 0.251 e. The number of amides is 1. The first-order valence-electron chi connectivity index (χ1n) is 10.5. The van der Waals surface area contributed by atoms with E-state index in [0.717, 1.165) is 66.8 Å². The van der Waals surface area contributed by atoms with E-state index >= 15 is 0 Å². The summed E-state index contributed by atoms with van der Waals surface area (Å²) in [5, 5.41) is 11.6. The number of hydrogen-bond acceptors (Lipinski definition) is 3. The van der Waals surface area contributed by atoms with Crippen LogP contribution in [0.25, 0.3) is 22.3 Å². The van der Waals surface area contributed by atoms with Crippen molar-refractivity contribution in [3.63, 3.8) is 0 Å². The molecule has 0 atom stereocenters. The highest BCUT2D eigenvalue weighted by Crippen LogP contribution is 2.35. The minimum absolute atomic E-state index is 0. The summed E-state index contributed by atoms with van der Waals surface area (Å²) >= 11 is 0. The van der Waals surface area contributed by atoms with Gasteiger partial charge in [-0.2, -0.15) is 5.10 Å². The lowest BCUT2D eigenvalue weighted by atomic mass is 10.0. The molecule has 2 aliphatic rings. The summed E-state index contributed by atoms with van der Waals surface area (Å²) in [6.07, 6.45) is 8.97. The van der Waals surface area contributed by atoms with E-state index in [-0.39, 0.29) is 18.3 Å². The fraction of sp³-hybridized carbons (Fsp3) is 0.455. The Morgan fingerprint density at radius 3 is 2.83 bits per heavy atom. The van der Waals surface area contributed by atoms with Gasteiger partial charge in [0.1, 0.15) is 0 Å². The number of benzene rings is 1. The van der Waals surface area contributed by atoms with E-state index < -0.39 is 0 Å². The zero-order valence-electron chi connectivity index (χ0n) is 16.6. The number of halogens is 1. The van der Waals surface area contributed by atoms with Crippen molar-refractivity contribution in [2.24, 2.45) is 0 Å². The third-order valence-corrected chi connectivity index (χ3v) is 6.17. The molecule has 0 saturated carbocycles. The molecular formula is C22H28ClN5O. The second-order valence-electron chi connectivity index (χ2n) is 8.02. The number of aromatic nitrogens is 3. The molecular weight excluding hydrogens is 386 g/mol. The summed E-state index contributed by atoms with van der Waals surface area (Å²) in [5.74, 6) is 0.0183. The number of rotatable bonds is 4. The highest BCUT2D eigenvalue weighted by molar-refractivity contribution is 6.00. The third-order valence-electron chi connectivity index (χ3n) is 6.17. The number of hydrogen-bond donors (Lipinski definition) is 3. The van der Waals surface area contributed by atoms with Gasteiger partial charge in [-0.05, 0) is 74.5 Å². The molecule has 1 aliphatic carbocycles. The lowest BCUT2D eigenvalue weighted by Crippen LogP contribution is -2.37. The standard InChI is InChI=1S/C22H27N5O.ClH/c28-22(23-9-12-27-10-2-1-3-11-27)15-7-8-19-18(13-15)17-6-4-5-16-14-24-26-20(16)21(17)25-19;/h7-8,13-14,25H,1-6,9-12H2,(H,23,28)(H,24,26);1H. The van der Waals surface area contributed by atoms with Crippen LogP contribution < -0.4 is 5.32 Å². The van der Waals surface area contributed by atoms with Crippen LogP contribution in [0.1, 0.15) is 47.2 Å². The van der Waals surface area contributed by atoms with Crippen LogP contribution in [0.2, 0.25) is 0 Å². The van der Waals surface area contributed by atoms with Crippen LogP contribution >= 0.6 is 12.4 Å². The number of fused-ring (bicyclic) bond motifs is 5. The molecule has 3 N–H and O–H groups in total. The molecule has 1 fully saturated rings. The van der Waals surface area contributed by atoms with E-state index in [9.17, 15) is 4.79 Å². The van der Waals surface area contributed by atoms with Crippen LogP contribution in [0, 0.1) is 0 Å². The first-order valence-corrected chi connectivity index (χ1v) is 10.5. The van der Waals surface area contributed by atoms with Gasteiger partial charge in [0.2, 0.25) is 0 Å². The zero-order valence-corrected chi connectivity index (χ0v) is 17.4. The number of likely N-dealkylation sites (tertiary alicyclic amines) is 1. The maximum absolute atomic E-state index is 12.7. The van der Waals surface area contributed by atoms with E-state index in [1.807, 2.05) is 24.4 Å². The maximum Gasteiger partial charge on any atom is 0.251 e. The monoisotopic (exact) mass is 413 g/mol. The van der Waals surface area contributed by atoms with E-state index in [1.165, 1.54) is 30.4 Å². The van der Waals surface area contributed by atoms with Crippen LogP contribution in [0.5, 0.6) is 0 Å². The fourth-order valence-electron chi connectivity index (χ4n) is 4.65. The number of nitrogens with zero attached hydrogens (tertiary/aromatic N) is 2. The fourth-order valence-corrected chi connectivity index (χ4v) is 4.65. The van der Waals surface area contributed by atoms with Gasteiger partial charge in [0, 0.05) is 29.6 Å². The summed E-state index contributed by atoms with van der Waals surface area (Å²) in [6.45, 7) is 3.97. The molecule has 3 heterocycles. The highest BCUT2D eigenvalue weighted by Gasteiger charge is 2.21. The predicted molar refractivity (Wildman–Crippen MR) is 118 cm³/mol. The van der Waals surface area contributed by atoms with Crippen molar-refractivity contribution in [2.75, 3.05) is 26.2 Å².